The van der Waals surface area contributed by atoms with Crippen LogP contribution in [0.15, 0.2) is 53.6 Å². The van der Waals surface area contributed by atoms with E-state index in [9.17, 15) is 0 Å². The summed E-state index contributed by atoms with van der Waals surface area (Å²) in [6.45, 7) is 4.36. The van der Waals surface area contributed by atoms with Gasteiger partial charge in [0.15, 0.2) is 5.82 Å². The van der Waals surface area contributed by atoms with Gasteiger partial charge in [-0.3, -0.25) is 5.43 Å². The van der Waals surface area contributed by atoms with Gasteiger partial charge in [-0.1, -0.05) is 41.4 Å². The Balaban J connectivity index is 1.33. The summed E-state index contributed by atoms with van der Waals surface area (Å²) >= 11 is 12.5. The third-order valence-electron chi connectivity index (χ3n) is 6.22. The topological polar surface area (TPSA) is 65.9 Å². The number of nitrogens with zero attached hydrogens (tertiary/aromatic N) is 5. The van der Waals surface area contributed by atoms with Crippen molar-refractivity contribution in [1.29, 1.82) is 0 Å². The summed E-state index contributed by atoms with van der Waals surface area (Å²) in [5, 5.41) is 5.73. The van der Waals surface area contributed by atoms with E-state index < -0.39 is 0 Å². The Morgan fingerprint density at radius 1 is 0.914 bits per heavy atom. The van der Waals surface area contributed by atoms with Crippen molar-refractivity contribution in [1.82, 2.24) is 9.97 Å². The van der Waals surface area contributed by atoms with Crippen molar-refractivity contribution in [2.45, 2.75) is 32.3 Å². The first-order valence-corrected chi connectivity index (χ1v) is 12.8. The Morgan fingerprint density at radius 2 is 1.66 bits per heavy atom. The molecule has 0 unspecified atom stereocenters. The molecule has 2 aromatic carbocycles. The van der Waals surface area contributed by atoms with Crippen LogP contribution in [0.1, 0.15) is 36.8 Å². The lowest BCUT2D eigenvalue weighted by Gasteiger charge is -2.21. The van der Waals surface area contributed by atoms with Gasteiger partial charge in [0.25, 0.3) is 0 Å². The highest BCUT2D eigenvalue weighted by Gasteiger charge is 2.20. The Kier molecular flexibility index (Phi) is 7.54. The number of nitrogens with one attached hydrogen (secondary N) is 1. The van der Waals surface area contributed by atoms with E-state index in [2.05, 4.69) is 20.3 Å². The molecule has 0 atom stereocenters. The second kappa shape index (κ2) is 11.1. The van der Waals surface area contributed by atoms with Gasteiger partial charge in [0.1, 0.15) is 18.2 Å². The normalized spacial score (nSPS) is 15.8. The van der Waals surface area contributed by atoms with Crippen LogP contribution in [0.25, 0.3) is 0 Å². The zero-order valence-electron chi connectivity index (χ0n) is 19.5. The first-order chi connectivity index (χ1) is 17.2. The number of hydrazone groups is 1. The highest BCUT2D eigenvalue weighted by atomic mass is 35.5. The molecule has 7 nitrogen and oxygen atoms in total. The smallest absolute Gasteiger partial charge is 0.229 e. The second-order valence-electron chi connectivity index (χ2n) is 8.73. The van der Waals surface area contributed by atoms with Gasteiger partial charge in [0.05, 0.1) is 6.21 Å². The molecule has 0 bridgehead atoms. The number of hydrogen-bond acceptors (Lipinski definition) is 7. The molecule has 2 aliphatic heterocycles. The van der Waals surface area contributed by atoms with E-state index in [-0.39, 0.29) is 0 Å². The fraction of sp³-hybridized carbons (Fsp3) is 0.346. The van der Waals surface area contributed by atoms with Gasteiger partial charge in [-0.05, 0) is 49.9 Å². The summed E-state index contributed by atoms with van der Waals surface area (Å²) < 4.78 is 6.03. The van der Waals surface area contributed by atoms with Gasteiger partial charge in [0.2, 0.25) is 5.95 Å². The molecule has 1 N–H and O–H groups in total. The second-order valence-corrected chi connectivity index (χ2v) is 9.58. The quantitative estimate of drug-likeness (QED) is 0.295. The Morgan fingerprint density at radius 3 is 2.43 bits per heavy atom. The number of rotatable bonds is 8. The summed E-state index contributed by atoms with van der Waals surface area (Å²) in [7, 11) is 0. The minimum atomic E-state index is 0.347. The average Bonchev–Trinajstić information content (AvgIpc) is 3.59. The van der Waals surface area contributed by atoms with Gasteiger partial charge >= 0.3 is 0 Å². The molecule has 35 heavy (non-hydrogen) atoms. The molecule has 182 valence electrons. The zero-order chi connectivity index (χ0) is 24.0. The van der Waals surface area contributed by atoms with Crippen molar-refractivity contribution in [2.24, 2.45) is 5.10 Å². The molecule has 2 aliphatic rings. The molecular weight excluding hydrogens is 483 g/mol. The fourth-order valence-electron chi connectivity index (χ4n) is 4.34. The SMILES string of the molecule is Clc1ccc(OCc2ccccc2Cl)c(C=NNc2cc(N3CCCC3)nc(N3CCCC3)n2)c1. The minimum absolute atomic E-state index is 0.347. The lowest BCUT2D eigenvalue weighted by Crippen LogP contribution is -2.24. The fourth-order valence-corrected chi connectivity index (χ4v) is 4.71. The predicted octanol–water partition coefficient (Wildman–Crippen LogP) is 6.01. The molecule has 0 amide bonds. The number of anilines is 3. The summed E-state index contributed by atoms with van der Waals surface area (Å²) in [4.78, 5) is 14.1. The molecule has 0 spiro atoms. The van der Waals surface area contributed by atoms with Crippen molar-refractivity contribution in [3.8, 4) is 5.75 Å². The standard InChI is InChI=1S/C26H28Cl2N6O/c27-21-9-10-23(35-18-19-7-1-2-8-22(19)28)20(15-21)17-29-32-24-16-25(33-11-3-4-12-33)31-26(30-24)34-13-5-6-14-34/h1-2,7-10,15-17H,3-6,11-14,18H2,(H,30,31,32). The van der Waals surface area contributed by atoms with Crippen LogP contribution < -0.4 is 20.0 Å². The maximum atomic E-state index is 6.27. The minimum Gasteiger partial charge on any atom is -0.488 e. The third-order valence-corrected chi connectivity index (χ3v) is 6.82. The molecule has 0 saturated carbocycles. The van der Waals surface area contributed by atoms with Crippen LogP contribution in [0.5, 0.6) is 5.75 Å². The zero-order valence-corrected chi connectivity index (χ0v) is 21.0. The third kappa shape index (κ3) is 5.97. The van der Waals surface area contributed by atoms with Crippen LogP contribution in [0, 0.1) is 0 Å². The van der Waals surface area contributed by atoms with E-state index in [4.69, 9.17) is 37.9 Å². The lowest BCUT2D eigenvalue weighted by atomic mass is 10.2. The van der Waals surface area contributed by atoms with E-state index in [0.717, 1.165) is 49.1 Å². The van der Waals surface area contributed by atoms with Crippen LogP contribution in [0.3, 0.4) is 0 Å². The van der Waals surface area contributed by atoms with Crippen molar-refractivity contribution in [2.75, 3.05) is 41.4 Å². The summed E-state index contributed by atoms with van der Waals surface area (Å²) in [6.07, 6.45) is 6.42. The average molecular weight is 511 g/mol. The highest BCUT2D eigenvalue weighted by molar-refractivity contribution is 6.31. The maximum absolute atomic E-state index is 6.27. The molecular formula is C26H28Cl2N6O. The van der Waals surface area contributed by atoms with Crippen LogP contribution in [0.2, 0.25) is 10.0 Å². The largest absolute Gasteiger partial charge is 0.488 e. The van der Waals surface area contributed by atoms with E-state index in [1.807, 2.05) is 42.5 Å². The van der Waals surface area contributed by atoms with Crippen molar-refractivity contribution < 1.29 is 4.74 Å². The Hall–Kier alpha value is -3.03. The molecule has 9 heteroatoms. The van der Waals surface area contributed by atoms with Gasteiger partial charge < -0.3 is 14.5 Å². The molecule has 2 saturated heterocycles. The number of halogens is 2. The summed E-state index contributed by atoms with van der Waals surface area (Å²) in [5.74, 6) is 3.04. The monoisotopic (exact) mass is 510 g/mol. The number of hydrogen-bond donors (Lipinski definition) is 1. The van der Waals surface area contributed by atoms with Crippen LogP contribution in [-0.2, 0) is 6.61 Å². The maximum Gasteiger partial charge on any atom is 0.229 e. The molecule has 2 fully saturated rings. The van der Waals surface area contributed by atoms with E-state index in [0.29, 0.717) is 28.2 Å². The molecule has 5 rings (SSSR count). The Bertz CT molecular complexity index is 1160. The predicted molar refractivity (Wildman–Crippen MR) is 143 cm³/mol. The highest BCUT2D eigenvalue weighted by Crippen LogP contribution is 2.27. The van der Waals surface area contributed by atoms with Crippen molar-refractivity contribution in [3.63, 3.8) is 0 Å². The van der Waals surface area contributed by atoms with Crippen LogP contribution in [-0.4, -0.2) is 42.4 Å². The van der Waals surface area contributed by atoms with Crippen molar-refractivity contribution >= 4 is 47.0 Å². The van der Waals surface area contributed by atoms with E-state index in [1.165, 1.54) is 25.7 Å². The van der Waals surface area contributed by atoms with Gasteiger partial charge in [-0.2, -0.15) is 15.1 Å². The van der Waals surface area contributed by atoms with Crippen LogP contribution >= 0.6 is 23.2 Å². The number of ether oxygens (including phenoxy) is 1. The first-order valence-electron chi connectivity index (χ1n) is 12.0. The van der Waals surface area contributed by atoms with Gasteiger partial charge in [-0.25, -0.2) is 0 Å². The van der Waals surface area contributed by atoms with Gasteiger partial charge in [0, 0.05) is 53.4 Å². The van der Waals surface area contributed by atoms with Crippen molar-refractivity contribution in [3.05, 3.63) is 69.7 Å². The Labute approximate surface area is 215 Å². The van der Waals surface area contributed by atoms with Gasteiger partial charge in [-0.15, -0.1) is 0 Å². The van der Waals surface area contributed by atoms with Crippen LogP contribution in [0.4, 0.5) is 17.6 Å². The number of aromatic nitrogens is 2. The lowest BCUT2D eigenvalue weighted by molar-refractivity contribution is 0.306. The molecule has 1 aromatic heterocycles. The molecule has 3 aromatic rings. The molecule has 3 heterocycles. The van der Waals surface area contributed by atoms with E-state index >= 15 is 0 Å². The summed E-state index contributed by atoms with van der Waals surface area (Å²) in [5.41, 5.74) is 4.76. The number of benzene rings is 2. The van der Waals surface area contributed by atoms with E-state index in [1.54, 1.807) is 12.3 Å². The first kappa shape index (κ1) is 23.7. The summed E-state index contributed by atoms with van der Waals surface area (Å²) in [6, 6.07) is 15.0. The molecule has 0 aliphatic carbocycles. The molecule has 0 radical (unpaired) electrons.